The van der Waals surface area contributed by atoms with Gasteiger partial charge in [0.05, 0.1) is 5.69 Å². The second-order valence-corrected chi connectivity index (χ2v) is 15.6. The van der Waals surface area contributed by atoms with E-state index in [0.717, 1.165) is 17.1 Å². The minimum atomic E-state index is 1.09. The molecule has 61 heavy (non-hydrogen) atoms. The molecule has 0 heterocycles. The average molecular weight is 776 g/mol. The number of anilines is 3. The lowest BCUT2D eigenvalue weighted by Crippen LogP contribution is -2.11. The maximum Gasteiger partial charge on any atom is 0.0546 e. The highest BCUT2D eigenvalue weighted by Gasteiger charge is 2.20. The Bertz CT molecular complexity index is 3360. The Hall–Kier alpha value is -8.00. The van der Waals surface area contributed by atoms with E-state index in [1.54, 1.807) is 0 Å². The van der Waals surface area contributed by atoms with Crippen molar-refractivity contribution in [2.45, 2.75) is 0 Å². The van der Waals surface area contributed by atoms with Crippen molar-refractivity contribution in [3.8, 4) is 55.6 Å². The molecule has 0 unspecified atom stereocenters. The molecule has 0 aliphatic carbocycles. The summed E-state index contributed by atoms with van der Waals surface area (Å²) >= 11 is 0. The topological polar surface area (TPSA) is 3.24 Å². The molecule has 1 nitrogen and oxygen atoms in total. The van der Waals surface area contributed by atoms with Gasteiger partial charge < -0.3 is 4.90 Å². The molecule has 11 rings (SSSR count). The van der Waals surface area contributed by atoms with Crippen molar-refractivity contribution in [2.75, 3.05) is 4.90 Å². The first-order valence-electron chi connectivity index (χ1n) is 21.0. The Balaban J connectivity index is 1.06. The molecule has 0 spiro atoms. The summed E-state index contributed by atoms with van der Waals surface area (Å²) in [5, 5.41) is 7.40. The Morgan fingerprint density at radius 3 is 1.33 bits per heavy atom. The van der Waals surface area contributed by atoms with Gasteiger partial charge in [0.25, 0.3) is 0 Å². The minimum absolute atomic E-state index is 1.09. The van der Waals surface area contributed by atoms with Crippen LogP contribution >= 0.6 is 0 Å². The maximum atomic E-state index is 2.44. The van der Waals surface area contributed by atoms with Crippen LogP contribution in [-0.4, -0.2) is 0 Å². The Labute approximate surface area is 357 Å². The van der Waals surface area contributed by atoms with Gasteiger partial charge in [-0.25, -0.2) is 0 Å². The van der Waals surface area contributed by atoms with Gasteiger partial charge >= 0.3 is 0 Å². The standard InChI is InChI=1S/C60H41N/c1-2-18-42(19-3-1)50-26-8-10-29-54(50)57-32-12-13-33-58(57)55-30-11-9-27-51(55)44-36-38-47(39-37-44)61(60-41-46-21-5-7-28-53(46)56-31-14-15-34-59(56)60)48-24-16-23-45(40-48)52-35-17-22-43-20-4-6-25-49(43)52/h1-41H. The second kappa shape index (κ2) is 15.6. The molecule has 0 atom stereocenters. The number of benzene rings is 11. The van der Waals surface area contributed by atoms with Gasteiger partial charge in [-0.15, -0.1) is 0 Å². The molecule has 11 aromatic carbocycles. The van der Waals surface area contributed by atoms with Crippen LogP contribution in [0, 0.1) is 0 Å². The van der Waals surface area contributed by atoms with E-state index in [1.165, 1.54) is 88.0 Å². The molecule has 0 aliphatic rings. The predicted octanol–water partition coefficient (Wildman–Crippen LogP) is 17.0. The van der Waals surface area contributed by atoms with Crippen molar-refractivity contribution in [1.82, 2.24) is 0 Å². The van der Waals surface area contributed by atoms with E-state index in [9.17, 15) is 0 Å². The predicted molar refractivity (Wildman–Crippen MR) is 261 cm³/mol. The van der Waals surface area contributed by atoms with Crippen molar-refractivity contribution in [1.29, 1.82) is 0 Å². The van der Waals surface area contributed by atoms with Gasteiger partial charge in [0.1, 0.15) is 0 Å². The summed E-state index contributed by atoms with van der Waals surface area (Å²) in [6.07, 6.45) is 0. The molecular weight excluding hydrogens is 735 g/mol. The van der Waals surface area contributed by atoms with E-state index >= 15 is 0 Å². The quantitative estimate of drug-likeness (QED) is 0.139. The summed E-state index contributed by atoms with van der Waals surface area (Å²) in [4.78, 5) is 2.44. The van der Waals surface area contributed by atoms with Gasteiger partial charge in [-0.3, -0.25) is 0 Å². The third kappa shape index (κ3) is 6.63. The van der Waals surface area contributed by atoms with Crippen LogP contribution in [0.3, 0.4) is 0 Å². The third-order valence-corrected chi connectivity index (χ3v) is 12.1. The molecular formula is C60H41N. The zero-order chi connectivity index (χ0) is 40.5. The number of hydrogen-bond acceptors (Lipinski definition) is 1. The lowest BCUT2D eigenvalue weighted by Gasteiger charge is -2.28. The normalized spacial score (nSPS) is 11.3. The van der Waals surface area contributed by atoms with Gasteiger partial charge in [-0.05, 0) is 113 Å². The third-order valence-electron chi connectivity index (χ3n) is 12.1. The molecule has 0 fully saturated rings. The van der Waals surface area contributed by atoms with Crippen LogP contribution in [0.5, 0.6) is 0 Å². The zero-order valence-electron chi connectivity index (χ0n) is 33.6. The molecule has 1 heteroatoms. The minimum Gasteiger partial charge on any atom is -0.310 e. The van der Waals surface area contributed by atoms with Crippen LogP contribution < -0.4 is 4.90 Å². The van der Waals surface area contributed by atoms with Crippen LogP contribution in [0.25, 0.3) is 88.0 Å². The van der Waals surface area contributed by atoms with E-state index in [4.69, 9.17) is 0 Å². The number of nitrogens with zero attached hydrogens (tertiary/aromatic N) is 1. The molecule has 0 saturated heterocycles. The smallest absolute Gasteiger partial charge is 0.0546 e. The van der Waals surface area contributed by atoms with Gasteiger partial charge in [0, 0.05) is 16.8 Å². The number of fused-ring (bicyclic) bond motifs is 4. The van der Waals surface area contributed by atoms with E-state index in [1.807, 2.05) is 0 Å². The van der Waals surface area contributed by atoms with E-state index < -0.39 is 0 Å². The molecule has 0 amide bonds. The van der Waals surface area contributed by atoms with Crippen molar-refractivity contribution >= 4 is 49.4 Å². The highest BCUT2D eigenvalue weighted by atomic mass is 15.1. The van der Waals surface area contributed by atoms with Crippen LogP contribution in [0.15, 0.2) is 249 Å². The summed E-state index contributed by atoms with van der Waals surface area (Å²) in [6, 6.07) is 90.4. The zero-order valence-corrected chi connectivity index (χ0v) is 33.6. The SMILES string of the molecule is c1ccc(-c2ccccc2-c2ccccc2-c2ccccc2-c2ccc(N(c3cccc(-c4cccc5ccccc45)c3)c3cc4ccccc4c4ccccc34)cc2)cc1. The summed E-state index contributed by atoms with van der Waals surface area (Å²) < 4.78 is 0. The summed E-state index contributed by atoms with van der Waals surface area (Å²) in [7, 11) is 0. The van der Waals surface area contributed by atoms with Crippen molar-refractivity contribution in [3.63, 3.8) is 0 Å². The number of rotatable bonds is 8. The van der Waals surface area contributed by atoms with E-state index in [2.05, 4.69) is 254 Å². The highest BCUT2D eigenvalue weighted by molar-refractivity contribution is 6.14. The first-order valence-corrected chi connectivity index (χ1v) is 21.0. The van der Waals surface area contributed by atoms with Crippen molar-refractivity contribution in [3.05, 3.63) is 249 Å². The number of hydrogen-bond donors (Lipinski definition) is 0. The Kier molecular flexibility index (Phi) is 9.26. The molecule has 11 aromatic rings. The second-order valence-electron chi connectivity index (χ2n) is 15.6. The molecule has 0 aromatic heterocycles. The Morgan fingerprint density at radius 1 is 0.213 bits per heavy atom. The molecule has 0 N–H and O–H groups in total. The van der Waals surface area contributed by atoms with E-state index in [0.29, 0.717) is 0 Å². The summed E-state index contributed by atoms with van der Waals surface area (Å²) in [6.45, 7) is 0. The van der Waals surface area contributed by atoms with Crippen LogP contribution in [0.2, 0.25) is 0 Å². The highest BCUT2D eigenvalue weighted by Crippen LogP contribution is 2.45. The van der Waals surface area contributed by atoms with Gasteiger partial charge in [0.2, 0.25) is 0 Å². The van der Waals surface area contributed by atoms with Crippen LogP contribution in [-0.2, 0) is 0 Å². The lowest BCUT2D eigenvalue weighted by atomic mass is 9.87. The lowest BCUT2D eigenvalue weighted by molar-refractivity contribution is 1.30. The summed E-state index contributed by atoms with van der Waals surface area (Å²) in [5.74, 6) is 0. The molecule has 0 aliphatic heterocycles. The fourth-order valence-electron chi connectivity index (χ4n) is 9.24. The monoisotopic (exact) mass is 775 g/mol. The average Bonchev–Trinajstić information content (AvgIpc) is 3.34. The first-order chi connectivity index (χ1) is 30.3. The van der Waals surface area contributed by atoms with Crippen molar-refractivity contribution < 1.29 is 0 Å². The van der Waals surface area contributed by atoms with Gasteiger partial charge in [-0.1, -0.05) is 218 Å². The maximum absolute atomic E-state index is 2.44. The van der Waals surface area contributed by atoms with Crippen LogP contribution in [0.1, 0.15) is 0 Å². The molecule has 0 radical (unpaired) electrons. The summed E-state index contributed by atoms with van der Waals surface area (Å²) in [5.41, 5.74) is 15.4. The largest absolute Gasteiger partial charge is 0.310 e. The Morgan fingerprint density at radius 2 is 0.656 bits per heavy atom. The molecule has 0 saturated carbocycles. The molecule has 0 bridgehead atoms. The fourth-order valence-corrected chi connectivity index (χ4v) is 9.24. The van der Waals surface area contributed by atoms with Gasteiger partial charge in [-0.2, -0.15) is 0 Å². The van der Waals surface area contributed by atoms with Gasteiger partial charge in [0.15, 0.2) is 0 Å². The molecule has 286 valence electrons. The van der Waals surface area contributed by atoms with E-state index in [-0.39, 0.29) is 0 Å². The fraction of sp³-hybridized carbons (Fsp3) is 0. The first kappa shape index (κ1) is 36.1. The van der Waals surface area contributed by atoms with Crippen molar-refractivity contribution in [2.24, 2.45) is 0 Å². The van der Waals surface area contributed by atoms with Crippen LogP contribution in [0.4, 0.5) is 17.1 Å².